The normalized spacial score (nSPS) is 13.2. The third-order valence-corrected chi connectivity index (χ3v) is 7.61. The molecule has 1 N–H and O–H groups in total. The Bertz CT molecular complexity index is 1340. The van der Waals surface area contributed by atoms with E-state index >= 15 is 0 Å². The Morgan fingerprint density at radius 1 is 1.11 bits per heavy atom. The molecule has 1 aromatic heterocycles. The molecule has 35 heavy (non-hydrogen) atoms. The monoisotopic (exact) mass is 495 g/mol. The number of nitrogens with zero attached hydrogens (tertiary/aromatic N) is 1. The van der Waals surface area contributed by atoms with E-state index in [1.807, 2.05) is 43.3 Å². The standard InChI is InChI=1S/C27H29NO6S/c1-3-15-28(35(31,32)27-14-7-19(2)34-27)24-16-22-5-4-6-23(22)17-25(24)33-18-21-10-8-20(9-11-21)12-13-26(29)30/h7-14,16-17H,3-6,15,18H2,1-2H3,(H,29,30)/b13-12+. The Hall–Kier alpha value is -3.52. The van der Waals surface area contributed by atoms with Crippen LogP contribution in [0.1, 0.15) is 47.8 Å². The maximum Gasteiger partial charge on any atom is 0.328 e. The summed E-state index contributed by atoms with van der Waals surface area (Å²) >= 11 is 0. The minimum atomic E-state index is -3.91. The summed E-state index contributed by atoms with van der Waals surface area (Å²) in [5.74, 6) is 0.0470. The number of aryl methyl sites for hydroxylation is 3. The third kappa shape index (κ3) is 5.59. The van der Waals surface area contributed by atoms with Crippen molar-refractivity contribution >= 4 is 27.8 Å². The Kier molecular flexibility index (Phi) is 7.31. The highest BCUT2D eigenvalue weighted by Crippen LogP contribution is 2.39. The molecule has 0 saturated carbocycles. The minimum absolute atomic E-state index is 0.0834. The minimum Gasteiger partial charge on any atom is -0.487 e. The van der Waals surface area contributed by atoms with E-state index in [-0.39, 0.29) is 11.7 Å². The maximum atomic E-state index is 13.5. The van der Waals surface area contributed by atoms with Gasteiger partial charge in [-0.15, -0.1) is 0 Å². The molecular formula is C27H29NO6S. The molecule has 0 aliphatic heterocycles. The lowest BCUT2D eigenvalue weighted by atomic mass is 10.1. The molecule has 8 heteroatoms. The molecular weight excluding hydrogens is 466 g/mol. The molecule has 0 fully saturated rings. The number of sulfonamides is 1. The summed E-state index contributed by atoms with van der Waals surface area (Å²) in [6.07, 6.45) is 6.12. The molecule has 1 aliphatic carbocycles. The lowest BCUT2D eigenvalue weighted by Crippen LogP contribution is -2.32. The van der Waals surface area contributed by atoms with Crippen molar-refractivity contribution in [3.63, 3.8) is 0 Å². The van der Waals surface area contributed by atoms with E-state index in [1.54, 1.807) is 13.0 Å². The van der Waals surface area contributed by atoms with Gasteiger partial charge in [0, 0.05) is 12.6 Å². The summed E-state index contributed by atoms with van der Waals surface area (Å²) in [5, 5.41) is 8.70. The Morgan fingerprint density at radius 3 is 2.46 bits per heavy atom. The van der Waals surface area contributed by atoms with E-state index in [9.17, 15) is 13.2 Å². The van der Waals surface area contributed by atoms with Crippen LogP contribution in [-0.2, 0) is 34.3 Å². The zero-order valence-corrected chi connectivity index (χ0v) is 20.7. The van der Waals surface area contributed by atoms with Crippen molar-refractivity contribution in [3.05, 3.63) is 82.6 Å². The first-order valence-electron chi connectivity index (χ1n) is 11.7. The molecule has 184 valence electrons. The fourth-order valence-electron chi connectivity index (χ4n) is 4.19. The van der Waals surface area contributed by atoms with Gasteiger partial charge >= 0.3 is 5.97 Å². The van der Waals surface area contributed by atoms with Crippen molar-refractivity contribution in [3.8, 4) is 5.75 Å². The van der Waals surface area contributed by atoms with Crippen molar-refractivity contribution in [2.75, 3.05) is 10.8 Å². The molecule has 0 amide bonds. The quantitative estimate of drug-likeness (QED) is 0.381. The highest BCUT2D eigenvalue weighted by Gasteiger charge is 2.31. The molecule has 0 spiro atoms. The van der Waals surface area contributed by atoms with Crippen LogP contribution in [0.25, 0.3) is 6.08 Å². The van der Waals surface area contributed by atoms with Crippen LogP contribution < -0.4 is 9.04 Å². The molecule has 2 aromatic carbocycles. The topological polar surface area (TPSA) is 97.0 Å². The number of hydrogen-bond acceptors (Lipinski definition) is 5. The number of benzene rings is 2. The van der Waals surface area contributed by atoms with Gasteiger partial charge in [-0.2, -0.15) is 8.42 Å². The summed E-state index contributed by atoms with van der Waals surface area (Å²) in [6, 6.07) is 14.4. The first-order valence-corrected chi connectivity index (χ1v) is 13.1. The van der Waals surface area contributed by atoms with Gasteiger partial charge in [0.15, 0.2) is 0 Å². The zero-order chi connectivity index (χ0) is 25.0. The van der Waals surface area contributed by atoms with Gasteiger partial charge in [0.25, 0.3) is 10.0 Å². The lowest BCUT2D eigenvalue weighted by Gasteiger charge is -2.26. The Morgan fingerprint density at radius 2 is 1.83 bits per heavy atom. The number of aliphatic carboxylic acids is 1. The molecule has 3 aromatic rings. The van der Waals surface area contributed by atoms with Crippen LogP contribution in [0.4, 0.5) is 5.69 Å². The Balaban J connectivity index is 1.65. The van der Waals surface area contributed by atoms with Crippen LogP contribution in [0.3, 0.4) is 0 Å². The largest absolute Gasteiger partial charge is 0.487 e. The molecule has 0 atom stereocenters. The van der Waals surface area contributed by atoms with Crippen LogP contribution in [0.15, 0.2) is 64.1 Å². The smallest absolute Gasteiger partial charge is 0.328 e. The predicted octanol–water partition coefficient (Wildman–Crippen LogP) is 5.36. The van der Waals surface area contributed by atoms with Crippen LogP contribution in [0.5, 0.6) is 5.75 Å². The lowest BCUT2D eigenvalue weighted by molar-refractivity contribution is -0.131. The predicted molar refractivity (Wildman–Crippen MR) is 134 cm³/mol. The second-order valence-electron chi connectivity index (χ2n) is 8.59. The van der Waals surface area contributed by atoms with Gasteiger partial charge in [-0.3, -0.25) is 4.31 Å². The highest BCUT2D eigenvalue weighted by atomic mass is 32.2. The van der Waals surface area contributed by atoms with Gasteiger partial charge < -0.3 is 14.3 Å². The van der Waals surface area contributed by atoms with E-state index in [0.717, 1.165) is 42.0 Å². The summed E-state index contributed by atoms with van der Waals surface area (Å²) in [6.45, 7) is 4.19. The van der Waals surface area contributed by atoms with Crippen molar-refractivity contribution in [2.24, 2.45) is 0 Å². The van der Waals surface area contributed by atoms with Gasteiger partial charge in [0.05, 0.1) is 5.69 Å². The van der Waals surface area contributed by atoms with E-state index in [0.29, 0.717) is 30.2 Å². The summed E-state index contributed by atoms with van der Waals surface area (Å²) in [7, 11) is -3.91. The van der Waals surface area contributed by atoms with Crippen LogP contribution in [-0.4, -0.2) is 26.0 Å². The summed E-state index contributed by atoms with van der Waals surface area (Å²) < 4.78 is 40.2. The van der Waals surface area contributed by atoms with Crippen LogP contribution in [0, 0.1) is 6.92 Å². The number of ether oxygens (including phenoxy) is 1. The van der Waals surface area contributed by atoms with E-state index in [2.05, 4.69) is 0 Å². The Labute approximate surface area is 205 Å². The molecule has 1 heterocycles. The first kappa shape index (κ1) is 24.6. The number of anilines is 1. The fourth-order valence-corrected chi connectivity index (χ4v) is 5.70. The summed E-state index contributed by atoms with van der Waals surface area (Å²) in [5.41, 5.74) is 4.50. The molecule has 7 nitrogen and oxygen atoms in total. The van der Waals surface area contributed by atoms with Gasteiger partial charge in [-0.1, -0.05) is 31.2 Å². The van der Waals surface area contributed by atoms with Crippen molar-refractivity contribution in [1.82, 2.24) is 0 Å². The molecule has 1 aliphatic rings. The third-order valence-electron chi connectivity index (χ3n) is 5.92. The molecule has 4 rings (SSSR count). The van der Waals surface area contributed by atoms with Crippen molar-refractivity contribution in [2.45, 2.75) is 51.2 Å². The molecule has 0 saturated heterocycles. The number of hydrogen-bond donors (Lipinski definition) is 1. The second-order valence-corrected chi connectivity index (χ2v) is 10.4. The number of rotatable bonds is 10. The number of fused-ring (bicyclic) bond motifs is 1. The van der Waals surface area contributed by atoms with E-state index < -0.39 is 16.0 Å². The fraction of sp³-hybridized carbons (Fsp3) is 0.296. The number of carboxylic acid groups (broad SMARTS) is 1. The molecule has 0 radical (unpaired) electrons. The average Bonchev–Trinajstić information content (AvgIpc) is 3.48. The highest BCUT2D eigenvalue weighted by molar-refractivity contribution is 7.92. The molecule has 0 bridgehead atoms. The van der Waals surface area contributed by atoms with E-state index in [1.165, 1.54) is 22.0 Å². The van der Waals surface area contributed by atoms with Gasteiger partial charge in [-0.05, 0) is 85.2 Å². The first-order chi connectivity index (χ1) is 16.8. The van der Waals surface area contributed by atoms with E-state index in [4.69, 9.17) is 14.3 Å². The SMILES string of the molecule is CCCN(c1cc2c(cc1OCc1ccc(/C=C/C(=O)O)cc1)CCC2)S(=O)(=O)c1ccc(C)o1. The van der Waals surface area contributed by atoms with Gasteiger partial charge in [0.1, 0.15) is 18.1 Å². The van der Waals surface area contributed by atoms with Crippen molar-refractivity contribution in [1.29, 1.82) is 0 Å². The zero-order valence-electron chi connectivity index (χ0n) is 19.9. The maximum absolute atomic E-state index is 13.5. The average molecular weight is 496 g/mol. The summed E-state index contributed by atoms with van der Waals surface area (Å²) in [4.78, 5) is 10.7. The second kappa shape index (κ2) is 10.4. The number of furan rings is 1. The van der Waals surface area contributed by atoms with Crippen LogP contribution >= 0.6 is 0 Å². The van der Waals surface area contributed by atoms with Crippen LogP contribution in [0.2, 0.25) is 0 Å². The van der Waals surface area contributed by atoms with Gasteiger partial charge in [0.2, 0.25) is 5.09 Å². The molecule has 0 unspecified atom stereocenters. The van der Waals surface area contributed by atoms with Gasteiger partial charge in [-0.25, -0.2) is 4.79 Å². The van der Waals surface area contributed by atoms with Crippen molar-refractivity contribution < 1.29 is 27.5 Å². The number of carboxylic acids is 1. The number of carbonyl (C=O) groups is 1.